The first-order chi connectivity index (χ1) is 11.0. The average Bonchev–Trinajstić information content (AvgIpc) is 2.34. The Morgan fingerprint density at radius 1 is 0.880 bits per heavy atom. The van der Waals surface area contributed by atoms with E-state index in [1.807, 2.05) is 0 Å². The number of aliphatic hydroxyl groups excluding tert-OH is 2. The number of aliphatic hydroxyl groups is 3. The molecule has 18 heteroatoms. The van der Waals surface area contributed by atoms with Gasteiger partial charge in [0.2, 0.25) is 0 Å². The molecule has 0 aromatic heterocycles. The van der Waals surface area contributed by atoms with Gasteiger partial charge < -0.3 is 30.9 Å². The van der Waals surface area contributed by atoms with Crippen LogP contribution < -0.4 is 0 Å². The lowest BCUT2D eigenvalue weighted by atomic mass is 9.96. The highest BCUT2D eigenvalue weighted by molar-refractivity contribution is 4.76. The molecule has 0 saturated heterocycles. The monoisotopic (exact) mass is 382 g/mol. The van der Waals surface area contributed by atoms with Crippen molar-refractivity contribution in [1.82, 2.24) is 0 Å². The van der Waals surface area contributed by atoms with Crippen LogP contribution in [0.5, 0.6) is 0 Å². The van der Waals surface area contributed by atoms with Gasteiger partial charge in [0, 0.05) is 0 Å². The van der Waals surface area contributed by atoms with E-state index in [9.17, 15) is 15.2 Å². The van der Waals surface area contributed by atoms with Crippen molar-refractivity contribution in [2.45, 2.75) is 32.1 Å². The topological polar surface area (TPSA) is 294 Å². The Morgan fingerprint density at radius 3 is 1.24 bits per heavy atom. The van der Waals surface area contributed by atoms with Gasteiger partial charge in [0.15, 0.2) is 6.10 Å². The van der Waals surface area contributed by atoms with Crippen molar-refractivity contribution < 1.29 is 51.1 Å². The molecular formula is C7H18N4O14. The van der Waals surface area contributed by atoms with Gasteiger partial charge in [-0.1, -0.05) is 13.8 Å². The molecule has 2 unspecified atom stereocenters. The first-order valence-corrected chi connectivity index (χ1v) is 5.70. The van der Waals surface area contributed by atoms with Gasteiger partial charge in [0.25, 0.3) is 15.3 Å². The van der Waals surface area contributed by atoms with Gasteiger partial charge in [-0.3, -0.25) is 10.1 Å². The number of rotatable bonds is 5. The molecule has 0 fully saturated rings. The lowest BCUT2D eigenvalue weighted by Crippen LogP contribution is -2.51. The maximum Gasteiger partial charge on any atom is 0.350 e. The first kappa shape index (κ1) is 29.8. The Bertz CT molecular complexity index is 375. The average molecular weight is 382 g/mol. The summed E-state index contributed by atoms with van der Waals surface area (Å²) in [5, 5.41) is 78.3. The molecule has 18 nitrogen and oxygen atoms in total. The fourth-order valence-corrected chi connectivity index (χ4v) is 1.08. The fourth-order valence-electron chi connectivity index (χ4n) is 1.08. The van der Waals surface area contributed by atoms with Crippen molar-refractivity contribution in [3.63, 3.8) is 0 Å². The third kappa shape index (κ3) is 29.5. The summed E-state index contributed by atoms with van der Waals surface area (Å²) in [6, 6.07) is 0. The molecule has 0 rings (SSSR count). The summed E-state index contributed by atoms with van der Waals surface area (Å²) in [6.45, 7) is 2.53. The van der Waals surface area contributed by atoms with Gasteiger partial charge in [0.05, 0.1) is 18.0 Å². The zero-order chi connectivity index (χ0) is 21.4. The molecule has 0 saturated carbocycles. The highest BCUT2D eigenvalue weighted by atomic mass is 16.9. The minimum absolute atomic E-state index is 0.142. The lowest BCUT2D eigenvalue weighted by molar-refractivity contribution is -0.742. The van der Waals surface area contributed by atoms with Crippen molar-refractivity contribution in [2.75, 3.05) is 6.61 Å². The molecule has 2 atom stereocenters. The molecule has 0 heterocycles. The number of hydrogen-bond donors (Lipinski definition) is 6. The molecule has 6 N–H and O–H groups in total. The summed E-state index contributed by atoms with van der Waals surface area (Å²) in [7, 11) is 0. The van der Waals surface area contributed by atoms with E-state index < -0.39 is 38.6 Å². The SMILES string of the molecule is CC(C)CC(O)(C(O)CO)[N+](=O)[O-].O=[N+]([O-])O.O=[N+]([O-])O.O=[N+]([O-])O. The van der Waals surface area contributed by atoms with Crippen LogP contribution in [0.3, 0.4) is 0 Å². The minimum Gasteiger partial charge on any atom is -0.393 e. The van der Waals surface area contributed by atoms with Gasteiger partial charge in [-0.2, -0.15) is 0 Å². The van der Waals surface area contributed by atoms with Crippen molar-refractivity contribution in [3.8, 4) is 0 Å². The summed E-state index contributed by atoms with van der Waals surface area (Å²) in [5.74, 6) is -0.142. The standard InChI is InChI=1S/C7H15NO5.3HNO3/c1-5(2)3-7(11,8(12)13)6(10)4-9;3*2-1(3)4/h5-6,9-11H,3-4H2,1-2H3;3*(H,2,3,4). The Balaban J connectivity index is -0.000000150. The Labute approximate surface area is 137 Å². The third-order valence-corrected chi connectivity index (χ3v) is 1.73. The fraction of sp³-hybridized carbons (Fsp3) is 1.00. The van der Waals surface area contributed by atoms with Crippen LogP contribution in [-0.2, 0) is 0 Å². The molecule has 0 aromatic carbocycles. The largest absolute Gasteiger partial charge is 0.393 e. The van der Waals surface area contributed by atoms with Crippen LogP contribution in [0, 0.1) is 46.4 Å². The van der Waals surface area contributed by atoms with Crippen molar-refractivity contribution in [2.24, 2.45) is 5.92 Å². The molecule has 0 amide bonds. The van der Waals surface area contributed by atoms with E-state index in [2.05, 4.69) is 0 Å². The van der Waals surface area contributed by atoms with E-state index in [0.29, 0.717) is 0 Å². The summed E-state index contributed by atoms with van der Waals surface area (Å²) in [6.07, 6.45) is -1.94. The van der Waals surface area contributed by atoms with Crippen molar-refractivity contribution in [1.29, 1.82) is 0 Å². The second-order valence-corrected chi connectivity index (χ2v) is 4.15. The zero-order valence-corrected chi connectivity index (χ0v) is 12.8. The molecule has 25 heavy (non-hydrogen) atoms. The van der Waals surface area contributed by atoms with Crippen LogP contribution in [0.4, 0.5) is 0 Å². The minimum atomic E-state index is -2.44. The predicted molar refractivity (Wildman–Crippen MR) is 70.8 cm³/mol. The number of nitrogens with zero attached hydrogens (tertiary/aromatic N) is 4. The van der Waals surface area contributed by atoms with E-state index in [1.165, 1.54) is 0 Å². The number of nitro groups is 1. The van der Waals surface area contributed by atoms with E-state index in [0.717, 1.165) is 0 Å². The van der Waals surface area contributed by atoms with Crippen LogP contribution in [0.15, 0.2) is 0 Å². The molecule has 0 aromatic rings. The third-order valence-electron chi connectivity index (χ3n) is 1.73. The van der Waals surface area contributed by atoms with Gasteiger partial charge in [-0.15, -0.1) is 30.3 Å². The summed E-state index contributed by atoms with van der Waals surface area (Å²) in [4.78, 5) is 34.6. The second-order valence-electron chi connectivity index (χ2n) is 4.15. The second kappa shape index (κ2) is 15.8. The maximum absolute atomic E-state index is 10.4. The molecule has 0 spiro atoms. The summed E-state index contributed by atoms with van der Waals surface area (Å²) < 4.78 is 0. The molecule has 0 bridgehead atoms. The van der Waals surface area contributed by atoms with Gasteiger partial charge >= 0.3 is 5.72 Å². The van der Waals surface area contributed by atoms with Crippen LogP contribution in [0.2, 0.25) is 0 Å². The van der Waals surface area contributed by atoms with Crippen LogP contribution in [-0.4, -0.2) is 69.6 Å². The summed E-state index contributed by atoms with van der Waals surface area (Å²) in [5.41, 5.74) is -2.44. The molecule has 150 valence electrons. The highest BCUT2D eigenvalue weighted by Crippen LogP contribution is 2.21. The number of hydrogen-bond acceptors (Lipinski definition) is 11. The first-order valence-electron chi connectivity index (χ1n) is 5.70. The molecule has 0 radical (unpaired) electrons. The van der Waals surface area contributed by atoms with E-state index in [4.69, 9.17) is 56.2 Å². The van der Waals surface area contributed by atoms with E-state index >= 15 is 0 Å². The molecule has 0 aliphatic carbocycles. The zero-order valence-electron chi connectivity index (χ0n) is 12.8. The van der Waals surface area contributed by atoms with Crippen LogP contribution in [0.25, 0.3) is 0 Å². The smallest absolute Gasteiger partial charge is 0.350 e. The van der Waals surface area contributed by atoms with Crippen LogP contribution >= 0.6 is 0 Å². The van der Waals surface area contributed by atoms with Crippen molar-refractivity contribution >= 4 is 0 Å². The van der Waals surface area contributed by atoms with Gasteiger partial charge in [-0.25, -0.2) is 0 Å². The van der Waals surface area contributed by atoms with E-state index in [1.54, 1.807) is 13.8 Å². The molecule has 0 aliphatic heterocycles. The van der Waals surface area contributed by atoms with Gasteiger partial charge in [-0.05, 0) is 5.92 Å². The summed E-state index contributed by atoms with van der Waals surface area (Å²) >= 11 is 0. The van der Waals surface area contributed by atoms with Gasteiger partial charge in [0.1, 0.15) is 0 Å². The quantitative estimate of drug-likeness (QED) is 0.175. The maximum atomic E-state index is 10.4. The predicted octanol–water partition coefficient (Wildman–Crippen LogP) is -1.69. The Hall–Kier alpha value is -3.12. The molecule has 0 aliphatic rings. The normalized spacial score (nSPS) is 12.4. The lowest BCUT2D eigenvalue weighted by Gasteiger charge is -2.24. The van der Waals surface area contributed by atoms with E-state index in [-0.39, 0.29) is 12.3 Å². The Morgan fingerprint density at radius 2 is 1.12 bits per heavy atom. The van der Waals surface area contributed by atoms with Crippen molar-refractivity contribution in [3.05, 3.63) is 40.5 Å². The van der Waals surface area contributed by atoms with Crippen LogP contribution in [0.1, 0.15) is 20.3 Å². The highest BCUT2D eigenvalue weighted by Gasteiger charge is 2.48. The Kier molecular flexibility index (Phi) is 18.8. The molecular weight excluding hydrogens is 364 g/mol.